The van der Waals surface area contributed by atoms with Crippen LogP contribution >= 0.6 is 15.8 Å². The van der Waals surface area contributed by atoms with E-state index in [4.69, 9.17) is 0 Å². The van der Waals surface area contributed by atoms with Gasteiger partial charge in [-0.05, 0) is 37.1 Å². The summed E-state index contributed by atoms with van der Waals surface area (Å²) in [5.74, 6) is 0. The topological polar surface area (TPSA) is 0 Å². The minimum atomic E-state index is -0.470. The number of hydrogen-bond donors (Lipinski definition) is 0. The van der Waals surface area contributed by atoms with Crippen LogP contribution in [-0.2, 0) is 16.5 Å². The Labute approximate surface area is 211 Å². The third-order valence-corrected chi connectivity index (χ3v) is 11.2. The van der Waals surface area contributed by atoms with Crippen LogP contribution in [-0.4, -0.2) is 5.40 Å². The first kappa shape index (κ1) is 27.8. The summed E-state index contributed by atoms with van der Waals surface area (Å²) in [5.41, 5.74) is 0. The van der Waals surface area contributed by atoms with E-state index in [0.29, 0.717) is 5.40 Å². The summed E-state index contributed by atoms with van der Waals surface area (Å²) < 4.78 is 0. The first-order chi connectivity index (χ1) is 13.8. The summed E-state index contributed by atoms with van der Waals surface area (Å²) in [7, 11) is -0.940. The Kier molecular flexibility index (Phi) is 12.6. The average molecular weight is 528 g/mol. The minimum absolute atomic E-state index is 0. The Hall–Kier alpha value is -1.19. The number of hydrogen-bond acceptors (Lipinski definition) is 0. The van der Waals surface area contributed by atoms with Crippen LogP contribution in [0.1, 0.15) is 6.92 Å². The number of halogens is 2. The van der Waals surface area contributed by atoms with Gasteiger partial charge < -0.3 is 24.8 Å². The van der Waals surface area contributed by atoms with Crippen LogP contribution in [0.4, 0.5) is 0 Å². The van der Waals surface area contributed by atoms with Crippen LogP contribution in [0.5, 0.6) is 0 Å². The molecule has 0 amide bonds. The fourth-order valence-corrected chi connectivity index (χ4v) is 10.5. The first-order valence-electron chi connectivity index (χ1n) is 9.63. The van der Waals surface area contributed by atoms with Crippen molar-refractivity contribution in [3.8, 4) is 0 Å². The third kappa shape index (κ3) is 6.89. The summed E-state index contributed by atoms with van der Waals surface area (Å²) >= 11 is 0. The van der Waals surface area contributed by atoms with E-state index in [0.717, 1.165) is 0 Å². The smallest absolute Gasteiger partial charge is 1.00 e. The van der Waals surface area contributed by atoms with Gasteiger partial charge in [-0.3, -0.25) is 0 Å². The third-order valence-electron chi connectivity index (χ3n) is 4.88. The SMILES string of the molecule is CC(P(c1ccccc1)c1ccccc1)P(c1ccccc1)c1ccccc1.[Cl-].[Cl-].[Ni+2]. The van der Waals surface area contributed by atoms with Gasteiger partial charge in [0.15, 0.2) is 0 Å². The maximum absolute atomic E-state index is 2.46. The molecule has 4 rings (SSSR count). The van der Waals surface area contributed by atoms with Crippen LogP contribution in [0.3, 0.4) is 0 Å². The predicted molar refractivity (Wildman–Crippen MR) is 128 cm³/mol. The molecule has 0 aliphatic rings. The van der Waals surface area contributed by atoms with Crippen molar-refractivity contribution in [3.05, 3.63) is 121 Å². The molecular weight excluding hydrogens is 504 g/mol. The second-order valence-electron chi connectivity index (χ2n) is 6.71. The van der Waals surface area contributed by atoms with Gasteiger partial charge in [0.05, 0.1) is 0 Å². The zero-order valence-corrected chi connectivity index (χ0v) is 21.4. The molecule has 0 bridgehead atoms. The number of benzene rings is 4. The van der Waals surface area contributed by atoms with Crippen LogP contribution < -0.4 is 46.0 Å². The molecule has 4 aromatic rings. The molecule has 0 aromatic heterocycles. The second kappa shape index (κ2) is 14.1. The van der Waals surface area contributed by atoms with Gasteiger partial charge in [0, 0.05) is 5.40 Å². The minimum Gasteiger partial charge on any atom is -1.00 e. The first-order valence-corrected chi connectivity index (χ1v) is 12.5. The van der Waals surface area contributed by atoms with Crippen molar-refractivity contribution >= 4 is 37.1 Å². The molecule has 31 heavy (non-hydrogen) atoms. The predicted octanol–water partition coefficient (Wildman–Crippen LogP) is -0.396. The Balaban J connectivity index is 0.00000160. The second-order valence-corrected chi connectivity index (χ2v) is 12.2. The summed E-state index contributed by atoms with van der Waals surface area (Å²) in [5, 5.41) is 6.34. The molecule has 0 unspecified atom stereocenters. The number of rotatable bonds is 6. The monoisotopic (exact) mass is 526 g/mol. The van der Waals surface area contributed by atoms with E-state index in [-0.39, 0.29) is 41.3 Å². The van der Waals surface area contributed by atoms with Gasteiger partial charge >= 0.3 is 16.5 Å². The van der Waals surface area contributed by atoms with Crippen LogP contribution in [0.15, 0.2) is 121 Å². The van der Waals surface area contributed by atoms with Crippen molar-refractivity contribution in [2.75, 3.05) is 0 Å². The van der Waals surface area contributed by atoms with Gasteiger partial charge in [0.1, 0.15) is 0 Å². The van der Waals surface area contributed by atoms with E-state index >= 15 is 0 Å². The fraction of sp³-hybridized carbons (Fsp3) is 0.0769. The van der Waals surface area contributed by atoms with E-state index in [2.05, 4.69) is 128 Å². The van der Waals surface area contributed by atoms with Crippen molar-refractivity contribution < 1.29 is 41.3 Å². The molecule has 0 fully saturated rings. The molecular formula is C26H24Cl2NiP2. The molecule has 0 spiro atoms. The molecule has 0 radical (unpaired) electrons. The van der Waals surface area contributed by atoms with Gasteiger partial charge in [0.25, 0.3) is 0 Å². The largest absolute Gasteiger partial charge is 2.00 e. The molecule has 4 aromatic carbocycles. The van der Waals surface area contributed by atoms with Crippen LogP contribution in [0.25, 0.3) is 0 Å². The normalized spacial score (nSPS) is 10.2. The van der Waals surface area contributed by atoms with Crippen molar-refractivity contribution in [3.63, 3.8) is 0 Å². The summed E-state index contributed by atoms with van der Waals surface area (Å²) in [6.45, 7) is 2.46. The Morgan fingerprint density at radius 1 is 0.419 bits per heavy atom. The van der Waals surface area contributed by atoms with E-state index in [1.165, 1.54) is 21.2 Å². The fourth-order valence-electron chi connectivity index (χ4n) is 3.63. The Bertz CT molecular complexity index is 825. The van der Waals surface area contributed by atoms with E-state index in [9.17, 15) is 0 Å². The van der Waals surface area contributed by atoms with E-state index < -0.39 is 15.8 Å². The molecule has 5 heteroatoms. The molecule has 0 aliphatic carbocycles. The van der Waals surface area contributed by atoms with Gasteiger partial charge in [-0.15, -0.1) is 0 Å². The molecule has 0 heterocycles. The van der Waals surface area contributed by atoms with E-state index in [1.54, 1.807) is 0 Å². The summed E-state index contributed by atoms with van der Waals surface area (Å²) in [6, 6.07) is 44.3. The summed E-state index contributed by atoms with van der Waals surface area (Å²) in [6.07, 6.45) is 0. The van der Waals surface area contributed by atoms with Crippen LogP contribution in [0.2, 0.25) is 0 Å². The van der Waals surface area contributed by atoms with E-state index in [1.807, 2.05) is 0 Å². The standard InChI is InChI=1S/C26H24P2.2ClH.Ni/c1-22(27(23-14-6-2-7-15-23)24-16-8-3-9-17-24)28(25-18-10-4-11-19-25)26-20-12-5-13-21-26;;;/h2-22H,1H3;2*1H;/q;;;+2/p-2. The Morgan fingerprint density at radius 3 is 0.806 bits per heavy atom. The van der Waals surface area contributed by atoms with Gasteiger partial charge in [-0.1, -0.05) is 128 Å². The molecule has 0 atom stereocenters. The van der Waals surface area contributed by atoms with Gasteiger partial charge in [0.2, 0.25) is 0 Å². The maximum Gasteiger partial charge on any atom is 2.00 e. The average Bonchev–Trinajstić information content (AvgIpc) is 2.77. The molecule has 0 saturated carbocycles. The van der Waals surface area contributed by atoms with Crippen molar-refractivity contribution in [1.82, 2.24) is 0 Å². The van der Waals surface area contributed by atoms with Crippen molar-refractivity contribution in [2.45, 2.75) is 12.3 Å². The molecule has 0 N–H and O–H groups in total. The zero-order valence-electron chi connectivity index (χ0n) is 17.1. The maximum atomic E-state index is 2.46. The quantitative estimate of drug-likeness (QED) is 0.237. The molecule has 162 valence electrons. The van der Waals surface area contributed by atoms with Crippen LogP contribution in [0, 0.1) is 0 Å². The summed E-state index contributed by atoms with van der Waals surface area (Å²) in [4.78, 5) is 0. The van der Waals surface area contributed by atoms with Crippen molar-refractivity contribution in [2.24, 2.45) is 0 Å². The molecule has 0 aliphatic heterocycles. The van der Waals surface area contributed by atoms with Gasteiger partial charge in [-0.2, -0.15) is 0 Å². The molecule has 0 nitrogen and oxygen atoms in total. The van der Waals surface area contributed by atoms with Gasteiger partial charge in [-0.25, -0.2) is 0 Å². The Morgan fingerprint density at radius 2 is 0.613 bits per heavy atom. The van der Waals surface area contributed by atoms with Crippen molar-refractivity contribution in [1.29, 1.82) is 0 Å². The zero-order chi connectivity index (χ0) is 19.2. The molecule has 0 saturated heterocycles.